The summed E-state index contributed by atoms with van der Waals surface area (Å²) >= 11 is 1.17. The number of aliphatic imine (C=N–C) groups is 1. The minimum atomic E-state index is -3.47. The lowest BCUT2D eigenvalue weighted by Gasteiger charge is -2.15. The zero-order valence-electron chi connectivity index (χ0n) is 15.8. The Morgan fingerprint density at radius 2 is 1.96 bits per heavy atom. The minimum Gasteiger partial charge on any atom is -0.489 e. The number of guanidine groups is 1. The average Bonchev–Trinajstić information content (AvgIpc) is 3.21. The number of rotatable bonds is 10. The number of benzene rings is 1. The lowest BCUT2D eigenvalue weighted by Crippen LogP contribution is -2.42. The van der Waals surface area contributed by atoms with Gasteiger partial charge < -0.3 is 15.4 Å². The fourth-order valence-electron chi connectivity index (χ4n) is 2.20. The van der Waals surface area contributed by atoms with Gasteiger partial charge in [-0.2, -0.15) is 0 Å². The lowest BCUT2D eigenvalue weighted by atomic mass is 10.3. The first-order valence-electron chi connectivity index (χ1n) is 8.88. The highest BCUT2D eigenvalue weighted by molar-refractivity contribution is 7.91. The summed E-state index contributed by atoms with van der Waals surface area (Å²) in [5.41, 5.74) is 0. The molecule has 0 saturated heterocycles. The summed E-state index contributed by atoms with van der Waals surface area (Å²) in [4.78, 5) is 4.43. The molecule has 0 bridgehead atoms. The molecular weight excluding hydrogens is 403 g/mol. The molecule has 1 aromatic heterocycles. The van der Waals surface area contributed by atoms with E-state index in [-0.39, 0.29) is 18.5 Å². The first kappa shape index (κ1) is 22.1. The van der Waals surface area contributed by atoms with Crippen LogP contribution in [0.3, 0.4) is 0 Å². The van der Waals surface area contributed by atoms with Crippen LogP contribution in [0.1, 0.15) is 13.8 Å². The maximum Gasteiger partial charge on any atom is 0.250 e. The van der Waals surface area contributed by atoms with Gasteiger partial charge in [-0.3, -0.25) is 0 Å². The Hall–Kier alpha value is -2.17. The van der Waals surface area contributed by atoms with Gasteiger partial charge in [0, 0.05) is 19.6 Å². The molecule has 0 fully saturated rings. The molecule has 0 saturated carbocycles. The van der Waals surface area contributed by atoms with Crippen molar-refractivity contribution in [2.45, 2.75) is 24.2 Å². The predicted octanol–water partition coefficient (Wildman–Crippen LogP) is 2.19. The highest BCUT2D eigenvalue weighted by Gasteiger charge is 2.13. The summed E-state index contributed by atoms with van der Waals surface area (Å²) in [5.74, 6) is 0.823. The van der Waals surface area contributed by atoms with Crippen molar-refractivity contribution in [3.8, 4) is 5.75 Å². The molecule has 1 aromatic carbocycles. The third-order valence-electron chi connectivity index (χ3n) is 3.47. The van der Waals surface area contributed by atoms with Gasteiger partial charge in [-0.1, -0.05) is 6.07 Å². The average molecular weight is 429 g/mol. The summed E-state index contributed by atoms with van der Waals surface area (Å²) in [6.07, 6.45) is -0.210. The van der Waals surface area contributed by atoms with Crippen LogP contribution in [0.25, 0.3) is 0 Å². The van der Waals surface area contributed by atoms with Crippen molar-refractivity contribution in [3.05, 3.63) is 47.6 Å². The molecular formula is C18H25FN4O3S2. The number of ether oxygens (including phenoxy) is 1. The van der Waals surface area contributed by atoms with E-state index in [0.29, 0.717) is 35.6 Å². The van der Waals surface area contributed by atoms with Crippen LogP contribution >= 0.6 is 11.3 Å². The van der Waals surface area contributed by atoms with Gasteiger partial charge >= 0.3 is 0 Å². The molecule has 2 rings (SSSR count). The molecule has 0 spiro atoms. The Labute approximate surface area is 169 Å². The molecule has 0 aliphatic carbocycles. The van der Waals surface area contributed by atoms with Gasteiger partial charge in [0.15, 0.2) is 5.96 Å². The Balaban J connectivity index is 1.78. The normalized spacial score (nSPS) is 13.2. The first-order chi connectivity index (χ1) is 13.4. The topological polar surface area (TPSA) is 91.8 Å². The van der Waals surface area contributed by atoms with E-state index in [0.717, 1.165) is 0 Å². The van der Waals surface area contributed by atoms with E-state index in [4.69, 9.17) is 4.74 Å². The smallest absolute Gasteiger partial charge is 0.250 e. The molecule has 3 N–H and O–H groups in total. The van der Waals surface area contributed by atoms with Crippen LogP contribution in [0, 0.1) is 5.82 Å². The third-order valence-corrected chi connectivity index (χ3v) is 6.33. The predicted molar refractivity (Wildman–Crippen MR) is 110 cm³/mol. The van der Waals surface area contributed by atoms with Crippen molar-refractivity contribution in [2.24, 2.45) is 4.99 Å². The van der Waals surface area contributed by atoms with Crippen LogP contribution in [-0.4, -0.2) is 46.7 Å². The van der Waals surface area contributed by atoms with Crippen LogP contribution in [0.5, 0.6) is 5.75 Å². The van der Waals surface area contributed by atoms with E-state index >= 15 is 0 Å². The van der Waals surface area contributed by atoms with Gasteiger partial charge in [0.05, 0.1) is 6.54 Å². The Bertz CT molecular complexity index is 840. The van der Waals surface area contributed by atoms with Crippen LogP contribution < -0.4 is 20.1 Å². The number of halogens is 1. The van der Waals surface area contributed by atoms with E-state index < -0.39 is 10.0 Å². The van der Waals surface area contributed by atoms with E-state index in [1.807, 2.05) is 13.8 Å². The number of nitrogens with zero attached hydrogens (tertiary/aromatic N) is 1. The number of thiophene rings is 1. The third kappa shape index (κ3) is 7.45. The first-order valence-corrected chi connectivity index (χ1v) is 11.2. The molecule has 0 radical (unpaired) electrons. The second kappa shape index (κ2) is 11.0. The van der Waals surface area contributed by atoms with Crippen molar-refractivity contribution in [1.82, 2.24) is 15.4 Å². The Morgan fingerprint density at radius 3 is 2.61 bits per heavy atom. The van der Waals surface area contributed by atoms with Crippen molar-refractivity contribution in [2.75, 3.05) is 26.2 Å². The van der Waals surface area contributed by atoms with Crippen molar-refractivity contribution in [3.63, 3.8) is 0 Å². The van der Waals surface area contributed by atoms with E-state index in [1.54, 1.807) is 29.6 Å². The monoisotopic (exact) mass is 428 g/mol. The molecule has 0 aliphatic heterocycles. The molecule has 7 nitrogen and oxygen atoms in total. The van der Waals surface area contributed by atoms with Crippen LogP contribution in [-0.2, 0) is 10.0 Å². The maximum absolute atomic E-state index is 12.9. The van der Waals surface area contributed by atoms with E-state index in [2.05, 4.69) is 20.3 Å². The van der Waals surface area contributed by atoms with Gasteiger partial charge in [-0.15, -0.1) is 11.3 Å². The van der Waals surface area contributed by atoms with Crippen molar-refractivity contribution >= 4 is 27.3 Å². The summed E-state index contributed by atoms with van der Waals surface area (Å²) in [5, 5.41) is 7.89. The van der Waals surface area contributed by atoms with Crippen molar-refractivity contribution < 1.29 is 17.5 Å². The summed E-state index contributed by atoms with van der Waals surface area (Å²) < 4.78 is 45.6. The molecule has 10 heteroatoms. The van der Waals surface area contributed by atoms with Crippen molar-refractivity contribution in [1.29, 1.82) is 0 Å². The van der Waals surface area contributed by atoms with E-state index in [9.17, 15) is 12.8 Å². The quantitative estimate of drug-likeness (QED) is 0.307. The van der Waals surface area contributed by atoms with Gasteiger partial charge in [0.2, 0.25) is 10.0 Å². The number of nitrogens with one attached hydrogen (secondary N) is 3. The molecule has 1 atom stereocenters. The zero-order chi connectivity index (χ0) is 20.4. The molecule has 28 heavy (non-hydrogen) atoms. The fourth-order valence-corrected chi connectivity index (χ4v) is 4.27. The van der Waals surface area contributed by atoms with Gasteiger partial charge in [-0.05, 0) is 49.6 Å². The van der Waals surface area contributed by atoms with Crippen LogP contribution in [0.15, 0.2) is 51.0 Å². The molecule has 1 unspecified atom stereocenters. The second-order valence-corrected chi connectivity index (χ2v) is 8.80. The minimum absolute atomic E-state index is 0.210. The molecule has 0 amide bonds. The Morgan fingerprint density at radius 1 is 1.21 bits per heavy atom. The molecule has 154 valence electrons. The number of hydrogen-bond acceptors (Lipinski definition) is 5. The Kier molecular flexibility index (Phi) is 8.68. The van der Waals surface area contributed by atoms with Gasteiger partial charge in [0.1, 0.15) is 21.9 Å². The van der Waals surface area contributed by atoms with Gasteiger partial charge in [-0.25, -0.2) is 22.5 Å². The largest absolute Gasteiger partial charge is 0.489 e. The maximum atomic E-state index is 12.9. The molecule has 0 aliphatic rings. The summed E-state index contributed by atoms with van der Waals surface area (Å²) in [7, 11) is -3.47. The summed E-state index contributed by atoms with van der Waals surface area (Å²) in [6.45, 7) is 5.46. The standard InChI is InChI=1S/C18H25FN4O3S2/c1-3-20-18(21-10-11-23-28(24,25)17-5-4-12-27-17)22-13-14(2)26-16-8-6-15(19)7-9-16/h4-9,12,14,23H,3,10-11,13H2,1-2H3,(H2,20,21,22). The molecule has 2 aromatic rings. The summed E-state index contributed by atoms with van der Waals surface area (Å²) in [6, 6.07) is 9.08. The fraction of sp³-hybridized carbons (Fsp3) is 0.389. The number of sulfonamides is 1. The second-order valence-electron chi connectivity index (χ2n) is 5.86. The highest BCUT2D eigenvalue weighted by Crippen LogP contribution is 2.15. The molecule has 1 heterocycles. The van der Waals surface area contributed by atoms with Crippen LogP contribution in [0.2, 0.25) is 0 Å². The highest BCUT2D eigenvalue weighted by atomic mass is 32.2. The zero-order valence-corrected chi connectivity index (χ0v) is 17.4. The van der Waals surface area contributed by atoms with Crippen LogP contribution in [0.4, 0.5) is 4.39 Å². The van der Waals surface area contributed by atoms with Gasteiger partial charge in [0.25, 0.3) is 0 Å². The number of hydrogen-bond donors (Lipinski definition) is 3. The van der Waals surface area contributed by atoms with E-state index in [1.165, 1.54) is 23.5 Å². The lowest BCUT2D eigenvalue weighted by molar-refractivity contribution is 0.230. The SMILES string of the molecule is CCNC(=NCC(C)Oc1ccc(F)cc1)NCCNS(=O)(=O)c1cccs1.